The number of Topliss-reactive ketones (excluding diaryl/α,β-unsaturated/α-hetero) is 5. The van der Waals surface area contributed by atoms with Crippen LogP contribution in [0.1, 0.15) is 59.7 Å². The van der Waals surface area contributed by atoms with Gasteiger partial charge in [-0.2, -0.15) is 0 Å². The molecule has 0 saturated carbocycles. The lowest BCUT2D eigenvalue weighted by Crippen LogP contribution is -2.25. The van der Waals surface area contributed by atoms with Crippen molar-refractivity contribution in [2.75, 3.05) is 7.11 Å². The monoisotopic (exact) mass is 384 g/mol. The second kappa shape index (κ2) is 9.12. The number of methoxy groups -OCH3 is 1. The van der Waals surface area contributed by atoms with Gasteiger partial charge in [-0.3, -0.25) is 28.8 Å². The molecule has 1 aromatic carbocycles. The van der Waals surface area contributed by atoms with Crippen LogP contribution in [-0.2, 0) is 23.9 Å². The Labute approximate surface area is 161 Å². The number of esters is 1. The molecule has 7 heteroatoms. The molecular formula is C21H20O7. The lowest BCUT2D eigenvalue weighted by atomic mass is 9.80. The summed E-state index contributed by atoms with van der Waals surface area (Å²) in [6, 6.07) is 6.24. The van der Waals surface area contributed by atoms with Crippen LogP contribution >= 0.6 is 0 Å². The summed E-state index contributed by atoms with van der Waals surface area (Å²) in [7, 11) is 1.15. The average Bonchev–Trinajstić information content (AvgIpc) is 2.64. The lowest BCUT2D eigenvalue weighted by molar-refractivity contribution is -0.143. The molecule has 0 spiro atoms. The van der Waals surface area contributed by atoms with E-state index >= 15 is 0 Å². The topological polar surface area (TPSA) is 112 Å². The van der Waals surface area contributed by atoms with Crippen molar-refractivity contribution < 1.29 is 33.5 Å². The van der Waals surface area contributed by atoms with Crippen LogP contribution in [0.15, 0.2) is 35.4 Å². The van der Waals surface area contributed by atoms with E-state index in [9.17, 15) is 28.8 Å². The van der Waals surface area contributed by atoms with Gasteiger partial charge in [-0.15, -0.1) is 0 Å². The Bertz CT molecular complexity index is 905. The van der Waals surface area contributed by atoms with Gasteiger partial charge < -0.3 is 4.74 Å². The summed E-state index contributed by atoms with van der Waals surface area (Å²) >= 11 is 0. The van der Waals surface area contributed by atoms with Crippen molar-refractivity contribution >= 4 is 34.9 Å². The molecule has 0 heterocycles. The SMILES string of the molecule is COC(=O)CC(=O)CC1=C(CCC(=O)CC(C)=O)C(=O)c2ccccc2C1=O. The molecule has 7 nitrogen and oxygen atoms in total. The Hall–Kier alpha value is -3.22. The van der Waals surface area contributed by atoms with Crippen LogP contribution in [-0.4, -0.2) is 42.0 Å². The number of rotatable bonds is 9. The molecular weight excluding hydrogens is 364 g/mol. The van der Waals surface area contributed by atoms with Crippen LogP contribution in [0.25, 0.3) is 0 Å². The van der Waals surface area contributed by atoms with Crippen molar-refractivity contribution in [2.24, 2.45) is 0 Å². The molecule has 0 N–H and O–H groups in total. The average molecular weight is 384 g/mol. The molecule has 0 bridgehead atoms. The van der Waals surface area contributed by atoms with Crippen molar-refractivity contribution in [3.8, 4) is 0 Å². The van der Waals surface area contributed by atoms with Crippen molar-refractivity contribution in [3.05, 3.63) is 46.5 Å². The first kappa shape index (κ1) is 21.1. The standard InChI is InChI=1S/C21H20O7/c1-12(22)9-13(23)7-8-17-18(10-14(24)11-19(25)28-2)21(27)16-6-4-3-5-15(16)20(17)26/h3-6H,7-11H2,1-2H3. The highest BCUT2D eigenvalue weighted by atomic mass is 16.5. The third kappa shape index (κ3) is 4.94. The van der Waals surface area contributed by atoms with Gasteiger partial charge in [0, 0.05) is 35.1 Å². The fraction of sp³-hybridized carbons (Fsp3) is 0.333. The molecule has 0 unspecified atom stereocenters. The highest BCUT2D eigenvalue weighted by Crippen LogP contribution is 2.31. The maximum absolute atomic E-state index is 12.9. The van der Waals surface area contributed by atoms with Gasteiger partial charge >= 0.3 is 5.97 Å². The van der Waals surface area contributed by atoms with Gasteiger partial charge in [0.1, 0.15) is 23.8 Å². The van der Waals surface area contributed by atoms with Gasteiger partial charge in [0.25, 0.3) is 0 Å². The Morgan fingerprint density at radius 2 is 1.43 bits per heavy atom. The van der Waals surface area contributed by atoms with Gasteiger partial charge in [0.2, 0.25) is 0 Å². The first-order valence-corrected chi connectivity index (χ1v) is 8.74. The summed E-state index contributed by atoms with van der Waals surface area (Å²) in [6.45, 7) is 1.29. The number of ether oxygens (including phenoxy) is 1. The fourth-order valence-corrected chi connectivity index (χ4v) is 3.05. The maximum Gasteiger partial charge on any atom is 0.313 e. The predicted octanol–water partition coefficient (Wildman–Crippen LogP) is 2.21. The van der Waals surface area contributed by atoms with Gasteiger partial charge in [-0.05, 0) is 13.3 Å². The molecule has 0 aromatic heterocycles. The maximum atomic E-state index is 12.9. The zero-order chi connectivity index (χ0) is 20.8. The summed E-state index contributed by atoms with van der Waals surface area (Å²) in [6.07, 6.45) is -1.30. The first-order valence-electron chi connectivity index (χ1n) is 8.74. The van der Waals surface area contributed by atoms with Crippen molar-refractivity contribution in [3.63, 3.8) is 0 Å². The largest absolute Gasteiger partial charge is 0.469 e. The number of carbonyl (C=O) groups is 6. The molecule has 2 rings (SSSR count). The van der Waals surface area contributed by atoms with E-state index in [0.717, 1.165) is 7.11 Å². The second-order valence-corrected chi connectivity index (χ2v) is 6.55. The van der Waals surface area contributed by atoms with Crippen LogP contribution in [0.3, 0.4) is 0 Å². The second-order valence-electron chi connectivity index (χ2n) is 6.55. The van der Waals surface area contributed by atoms with Crippen molar-refractivity contribution in [1.29, 1.82) is 0 Å². The highest BCUT2D eigenvalue weighted by Gasteiger charge is 2.33. The quantitative estimate of drug-likeness (QED) is 0.474. The van der Waals surface area contributed by atoms with Crippen LogP contribution in [0.5, 0.6) is 0 Å². The number of allylic oxidation sites excluding steroid dienone is 2. The third-order valence-electron chi connectivity index (χ3n) is 4.37. The fourth-order valence-electron chi connectivity index (χ4n) is 3.05. The molecule has 1 aliphatic carbocycles. The van der Waals surface area contributed by atoms with E-state index in [0.29, 0.717) is 0 Å². The van der Waals surface area contributed by atoms with Crippen LogP contribution in [0.4, 0.5) is 0 Å². The summed E-state index contributed by atoms with van der Waals surface area (Å²) in [5.74, 6) is -2.83. The number of carbonyl (C=O) groups excluding carboxylic acids is 6. The Kier molecular flexibility index (Phi) is 6.87. The Balaban J connectivity index is 2.35. The van der Waals surface area contributed by atoms with Crippen LogP contribution in [0.2, 0.25) is 0 Å². The molecule has 0 amide bonds. The van der Waals surface area contributed by atoms with E-state index in [1.165, 1.54) is 19.1 Å². The van der Waals surface area contributed by atoms with E-state index in [4.69, 9.17) is 0 Å². The van der Waals surface area contributed by atoms with Gasteiger partial charge in [-0.25, -0.2) is 0 Å². The lowest BCUT2D eigenvalue weighted by Gasteiger charge is -2.20. The third-order valence-corrected chi connectivity index (χ3v) is 4.37. The minimum absolute atomic E-state index is 0.00627. The number of ketones is 5. The van der Waals surface area contributed by atoms with Gasteiger partial charge in [-0.1, -0.05) is 24.3 Å². The number of fused-ring (bicyclic) bond motifs is 1. The zero-order valence-corrected chi connectivity index (χ0v) is 15.7. The highest BCUT2D eigenvalue weighted by molar-refractivity contribution is 6.28. The predicted molar refractivity (Wildman–Crippen MR) is 97.9 cm³/mol. The summed E-state index contributed by atoms with van der Waals surface area (Å²) in [5.41, 5.74) is 0.477. The summed E-state index contributed by atoms with van der Waals surface area (Å²) in [5, 5.41) is 0. The zero-order valence-electron chi connectivity index (χ0n) is 15.7. The molecule has 146 valence electrons. The van der Waals surface area contributed by atoms with E-state index in [1.807, 2.05) is 0 Å². The van der Waals surface area contributed by atoms with Crippen LogP contribution < -0.4 is 0 Å². The van der Waals surface area contributed by atoms with Crippen molar-refractivity contribution in [1.82, 2.24) is 0 Å². The normalized spacial score (nSPS) is 13.2. The summed E-state index contributed by atoms with van der Waals surface area (Å²) in [4.78, 5) is 72.2. The molecule has 1 aromatic rings. The Morgan fingerprint density at radius 3 is 1.96 bits per heavy atom. The Morgan fingerprint density at radius 1 is 0.857 bits per heavy atom. The minimum atomic E-state index is -0.737. The molecule has 0 saturated heterocycles. The van der Waals surface area contributed by atoms with E-state index in [-0.39, 0.29) is 53.1 Å². The summed E-state index contributed by atoms with van der Waals surface area (Å²) < 4.78 is 4.45. The van der Waals surface area contributed by atoms with E-state index in [2.05, 4.69) is 4.74 Å². The molecule has 28 heavy (non-hydrogen) atoms. The molecule has 0 aliphatic heterocycles. The molecule has 0 radical (unpaired) electrons. The van der Waals surface area contributed by atoms with Crippen LogP contribution in [0, 0.1) is 0 Å². The van der Waals surface area contributed by atoms with E-state index < -0.39 is 36.2 Å². The molecule has 0 atom stereocenters. The molecule has 0 fully saturated rings. The number of hydrogen-bond donors (Lipinski definition) is 0. The van der Waals surface area contributed by atoms with Gasteiger partial charge in [0.05, 0.1) is 13.5 Å². The number of hydrogen-bond acceptors (Lipinski definition) is 7. The molecule has 1 aliphatic rings. The van der Waals surface area contributed by atoms with Crippen molar-refractivity contribution in [2.45, 2.75) is 39.0 Å². The van der Waals surface area contributed by atoms with E-state index in [1.54, 1.807) is 12.1 Å². The van der Waals surface area contributed by atoms with Gasteiger partial charge in [0.15, 0.2) is 11.6 Å². The minimum Gasteiger partial charge on any atom is -0.469 e. The smallest absolute Gasteiger partial charge is 0.313 e. The first-order chi connectivity index (χ1) is 13.2. The number of benzene rings is 1.